The highest BCUT2D eigenvalue weighted by molar-refractivity contribution is 5.13. The van der Waals surface area contributed by atoms with Crippen LogP contribution < -0.4 is 0 Å². The third-order valence-electron chi connectivity index (χ3n) is 1.78. The molecule has 0 amide bonds. The van der Waals surface area contributed by atoms with Crippen molar-refractivity contribution in [1.29, 1.82) is 0 Å². The molecule has 0 rings (SSSR count). The molecule has 0 radical (unpaired) electrons. The fourth-order valence-corrected chi connectivity index (χ4v) is 0.766. The lowest BCUT2D eigenvalue weighted by molar-refractivity contribution is 0.230. The van der Waals surface area contributed by atoms with Gasteiger partial charge in [0, 0.05) is 5.41 Å². The Labute approximate surface area is 69.4 Å². The van der Waals surface area contributed by atoms with Crippen LogP contribution in [0.1, 0.15) is 27.7 Å². The fraction of sp³-hybridized carbons (Fsp3) is 0.600. The van der Waals surface area contributed by atoms with E-state index in [4.69, 9.17) is 0 Å². The lowest BCUT2D eigenvalue weighted by atomic mass is 9.90. The molecule has 0 bridgehead atoms. The maximum Gasteiger partial charge on any atom is 0.0719 e. The van der Waals surface area contributed by atoms with Crippen molar-refractivity contribution < 1.29 is 5.11 Å². The largest absolute Gasteiger partial charge is 0.389 e. The number of allylic oxidation sites excluding steroid dienone is 2. The van der Waals surface area contributed by atoms with Gasteiger partial charge in [0.2, 0.25) is 0 Å². The van der Waals surface area contributed by atoms with E-state index in [0.29, 0.717) is 0 Å². The molecule has 0 aromatic rings. The number of aliphatic hydroxyl groups excluding tert-OH is 1. The van der Waals surface area contributed by atoms with Crippen molar-refractivity contribution in [2.75, 3.05) is 0 Å². The zero-order valence-corrected chi connectivity index (χ0v) is 7.89. The number of aliphatic hydroxyl groups is 1. The predicted molar refractivity (Wildman–Crippen MR) is 49.4 cm³/mol. The quantitative estimate of drug-likeness (QED) is 0.619. The van der Waals surface area contributed by atoms with Crippen LogP contribution in [-0.4, -0.2) is 11.2 Å². The van der Waals surface area contributed by atoms with Crippen molar-refractivity contribution in [2.45, 2.75) is 33.8 Å². The van der Waals surface area contributed by atoms with Crippen LogP contribution in [-0.2, 0) is 0 Å². The molecule has 1 heteroatoms. The standard InChI is InChI=1S/C10H18O/c1-6-10(4,5)7-8(2)9(3)11/h6-7,9,11H,1H2,2-5H3/b8-7+. The lowest BCUT2D eigenvalue weighted by Gasteiger charge is -2.16. The monoisotopic (exact) mass is 154 g/mol. The summed E-state index contributed by atoms with van der Waals surface area (Å²) in [5.74, 6) is 0. The zero-order chi connectivity index (χ0) is 9.07. The van der Waals surface area contributed by atoms with Crippen LogP contribution in [0.5, 0.6) is 0 Å². The molecular weight excluding hydrogens is 136 g/mol. The first-order valence-corrected chi connectivity index (χ1v) is 3.90. The molecule has 1 nitrogen and oxygen atoms in total. The maximum atomic E-state index is 9.18. The van der Waals surface area contributed by atoms with Gasteiger partial charge in [-0.1, -0.05) is 26.0 Å². The van der Waals surface area contributed by atoms with Gasteiger partial charge >= 0.3 is 0 Å². The van der Waals surface area contributed by atoms with Crippen LogP contribution >= 0.6 is 0 Å². The molecule has 0 heterocycles. The van der Waals surface area contributed by atoms with Gasteiger partial charge in [0.15, 0.2) is 0 Å². The summed E-state index contributed by atoms with van der Waals surface area (Å²) in [6.45, 7) is 11.5. The Balaban J connectivity index is 4.41. The van der Waals surface area contributed by atoms with Gasteiger partial charge in [-0.05, 0) is 19.4 Å². The molecule has 0 saturated carbocycles. The zero-order valence-electron chi connectivity index (χ0n) is 7.89. The van der Waals surface area contributed by atoms with E-state index >= 15 is 0 Å². The van der Waals surface area contributed by atoms with Gasteiger partial charge in [0.05, 0.1) is 6.10 Å². The van der Waals surface area contributed by atoms with Gasteiger partial charge in [-0.25, -0.2) is 0 Å². The maximum absolute atomic E-state index is 9.18. The van der Waals surface area contributed by atoms with E-state index in [2.05, 4.69) is 20.4 Å². The van der Waals surface area contributed by atoms with Crippen LogP contribution in [0.15, 0.2) is 24.3 Å². The highest BCUT2D eigenvalue weighted by Crippen LogP contribution is 2.21. The van der Waals surface area contributed by atoms with Crippen LogP contribution in [0.2, 0.25) is 0 Å². The summed E-state index contributed by atoms with van der Waals surface area (Å²) in [5.41, 5.74) is 0.982. The summed E-state index contributed by atoms with van der Waals surface area (Å²) >= 11 is 0. The summed E-state index contributed by atoms with van der Waals surface area (Å²) in [6.07, 6.45) is 3.55. The molecule has 0 spiro atoms. The van der Waals surface area contributed by atoms with Gasteiger partial charge in [0.25, 0.3) is 0 Å². The normalized spacial score (nSPS) is 16.3. The van der Waals surface area contributed by atoms with Crippen molar-refractivity contribution in [3.8, 4) is 0 Å². The molecular formula is C10H18O. The van der Waals surface area contributed by atoms with E-state index in [-0.39, 0.29) is 11.5 Å². The second-order valence-corrected chi connectivity index (χ2v) is 3.59. The van der Waals surface area contributed by atoms with Crippen LogP contribution in [0.4, 0.5) is 0 Å². The number of hydrogen-bond donors (Lipinski definition) is 1. The van der Waals surface area contributed by atoms with E-state index in [1.807, 2.05) is 19.1 Å². The van der Waals surface area contributed by atoms with Gasteiger partial charge in [-0.15, -0.1) is 6.58 Å². The first kappa shape index (κ1) is 10.4. The lowest BCUT2D eigenvalue weighted by Crippen LogP contribution is -2.08. The van der Waals surface area contributed by atoms with Gasteiger partial charge < -0.3 is 5.11 Å². The molecule has 1 unspecified atom stereocenters. The van der Waals surface area contributed by atoms with Gasteiger partial charge in [-0.2, -0.15) is 0 Å². The van der Waals surface area contributed by atoms with E-state index in [0.717, 1.165) is 5.57 Å². The minimum Gasteiger partial charge on any atom is -0.389 e. The van der Waals surface area contributed by atoms with Crippen LogP contribution in [0.3, 0.4) is 0 Å². The molecule has 0 aliphatic carbocycles. The molecule has 11 heavy (non-hydrogen) atoms. The molecule has 0 aromatic heterocycles. The molecule has 1 atom stereocenters. The van der Waals surface area contributed by atoms with Crippen molar-refractivity contribution in [3.05, 3.63) is 24.3 Å². The molecule has 0 fully saturated rings. The summed E-state index contributed by atoms with van der Waals surface area (Å²) < 4.78 is 0. The Kier molecular flexibility index (Phi) is 3.53. The van der Waals surface area contributed by atoms with Gasteiger partial charge in [0.1, 0.15) is 0 Å². The van der Waals surface area contributed by atoms with Crippen molar-refractivity contribution >= 4 is 0 Å². The number of rotatable bonds is 3. The Morgan fingerprint density at radius 3 is 2.27 bits per heavy atom. The molecule has 0 aliphatic rings. The second-order valence-electron chi connectivity index (χ2n) is 3.59. The SMILES string of the molecule is C=CC(C)(C)/C=C(\C)C(C)O. The third-order valence-corrected chi connectivity index (χ3v) is 1.78. The molecule has 64 valence electrons. The minimum atomic E-state index is -0.353. The Bertz CT molecular complexity index is 164. The van der Waals surface area contributed by atoms with Crippen molar-refractivity contribution in [1.82, 2.24) is 0 Å². The van der Waals surface area contributed by atoms with Gasteiger partial charge in [-0.3, -0.25) is 0 Å². The Hall–Kier alpha value is -0.560. The average molecular weight is 154 g/mol. The summed E-state index contributed by atoms with van der Waals surface area (Å²) in [5, 5.41) is 9.18. The predicted octanol–water partition coefficient (Wildman–Crippen LogP) is 2.53. The summed E-state index contributed by atoms with van der Waals surface area (Å²) in [6, 6.07) is 0. The Morgan fingerprint density at radius 1 is 1.55 bits per heavy atom. The van der Waals surface area contributed by atoms with Crippen LogP contribution in [0, 0.1) is 5.41 Å². The third kappa shape index (κ3) is 3.99. The fourth-order valence-electron chi connectivity index (χ4n) is 0.766. The van der Waals surface area contributed by atoms with E-state index in [1.165, 1.54) is 0 Å². The number of hydrogen-bond acceptors (Lipinski definition) is 1. The highest BCUT2D eigenvalue weighted by Gasteiger charge is 2.10. The summed E-state index contributed by atoms with van der Waals surface area (Å²) in [7, 11) is 0. The molecule has 0 aliphatic heterocycles. The first-order chi connectivity index (χ1) is 4.89. The summed E-state index contributed by atoms with van der Waals surface area (Å²) in [4.78, 5) is 0. The second kappa shape index (κ2) is 3.72. The van der Waals surface area contributed by atoms with Crippen molar-refractivity contribution in [3.63, 3.8) is 0 Å². The molecule has 0 aromatic carbocycles. The molecule has 1 N–H and O–H groups in total. The highest BCUT2D eigenvalue weighted by atomic mass is 16.3. The smallest absolute Gasteiger partial charge is 0.0719 e. The Morgan fingerprint density at radius 2 is 2.00 bits per heavy atom. The average Bonchev–Trinajstić information content (AvgIpc) is 1.87. The first-order valence-electron chi connectivity index (χ1n) is 3.90. The van der Waals surface area contributed by atoms with Crippen molar-refractivity contribution in [2.24, 2.45) is 5.41 Å². The van der Waals surface area contributed by atoms with Crippen LogP contribution in [0.25, 0.3) is 0 Å². The molecule has 0 saturated heterocycles. The minimum absolute atomic E-state index is 0.0128. The van der Waals surface area contributed by atoms with E-state index in [1.54, 1.807) is 6.92 Å². The topological polar surface area (TPSA) is 20.2 Å². The van der Waals surface area contributed by atoms with E-state index < -0.39 is 0 Å². The van der Waals surface area contributed by atoms with E-state index in [9.17, 15) is 5.11 Å².